The molecule has 0 aliphatic carbocycles. The second-order valence-electron chi connectivity index (χ2n) is 2.82. The van der Waals surface area contributed by atoms with Gasteiger partial charge in [0.1, 0.15) is 0 Å². The molecule has 0 aliphatic heterocycles. The number of nitro benzene ring substituents is 1. The maximum Gasteiger partial charge on any atom is 0.393 e. The molecule has 0 aliphatic rings. The Bertz CT molecular complexity index is 392. The summed E-state index contributed by atoms with van der Waals surface area (Å²) in [6.07, 6.45) is -5.74. The molecule has 0 saturated carbocycles. The molecule has 0 saturated heterocycles. The zero-order valence-corrected chi connectivity index (χ0v) is 8.80. The van der Waals surface area contributed by atoms with E-state index in [-0.39, 0.29) is 5.56 Å². The van der Waals surface area contributed by atoms with E-state index < -0.39 is 23.2 Å². The van der Waals surface area contributed by atoms with Gasteiger partial charge in [-0.15, -0.1) is 0 Å². The highest BCUT2D eigenvalue weighted by atomic mass is 79.9. The molecule has 0 bridgehead atoms. The van der Waals surface area contributed by atoms with E-state index in [2.05, 4.69) is 15.9 Å². The minimum atomic E-state index is -4.45. The van der Waals surface area contributed by atoms with Crippen LogP contribution in [0, 0.1) is 10.1 Å². The lowest BCUT2D eigenvalue weighted by Gasteiger charge is -2.06. The Morgan fingerprint density at radius 3 is 2.47 bits per heavy atom. The molecule has 1 aromatic rings. The Labute approximate surface area is 91.2 Å². The summed E-state index contributed by atoms with van der Waals surface area (Å²) in [4.78, 5) is 9.65. The molecule has 7 heteroatoms. The first kappa shape index (κ1) is 12.0. The van der Waals surface area contributed by atoms with Gasteiger partial charge in [-0.05, 0) is 6.07 Å². The van der Waals surface area contributed by atoms with Gasteiger partial charge in [0.2, 0.25) is 0 Å². The summed E-state index contributed by atoms with van der Waals surface area (Å²) in [5, 5.41) is 10.5. The molecule has 0 amide bonds. The van der Waals surface area contributed by atoms with Gasteiger partial charge in [0.25, 0.3) is 5.69 Å². The van der Waals surface area contributed by atoms with Crippen molar-refractivity contribution in [2.24, 2.45) is 0 Å². The fraction of sp³-hybridized carbons (Fsp3) is 0.250. The van der Waals surface area contributed by atoms with Gasteiger partial charge in [-0.25, -0.2) is 0 Å². The van der Waals surface area contributed by atoms with E-state index in [1.807, 2.05) is 0 Å². The molecule has 3 nitrogen and oxygen atoms in total. The average Bonchev–Trinajstić information content (AvgIpc) is 2.05. The van der Waals surface area contributed by atoms with Gasteiger partial charge in [-0.1, -0.05) is 22.0 Å². The van der Waals surface area contributed by atoms with E-state index in [1.54, 1.807) is 0 Å². The molecule has 0 fully saturated rings. The van der Waals surface area contributed by atoms with Crippen molar-refractivity contribution in [3.8, 4) is 0 Å². The van der Waals surface area contributed by atoms with Crippen molar-refractivity contribution < 1.29 is 18.1 Å². The Balaban J connectivity index is 3.12. The Morgan fingerprint density at radius 2 is 2.00 bits per heavy atom. The summed E-state index contributed by atoms with van der Waals surface area (Å²) in [6, 6.07) is 3.49. The molecule has 0 N–H and O–H groups in total. The number of alkyl halides is 3. The molecule has 0 radical (unpaired) electrons. The molecule has 0 atom stereocenters. The zero-order valence-electron chi connectivity index (χ0n) is 7.21. The number of nitrogens with zero attached hydrogens (tertiary/aromatic N) is 1. The quantitative estimate of drug-likeness (QED) is 0.616. The van der Waals surface area contributed by atoms with Crippen LogP contribution in [0.15, 0.2) is 22.7 Å². The average molecular weight is 284 g/mol. The first-order valence-electron chi connectivity index (χ1n) is 3.79. The SMILES string of the molecule is O=[N+]([O-])c1cc(Br)ccc1CC(F)(F)F. The third-order valence-corrected chi connectivity index (χ3v) is 2.13. The van der Waals surface area contributed by atoms with E-state index in [9.17, 15) is 23.3 Å². The fourth-order valence-electron chi connectivity index (χ4n) is 1.07. The van der Waals surface area contributed by atoms with Gasteiger partial charge in [-0.2, -0.15) is 13.2 Å². The number of benzene rings is 1. The number of nitro groups is 1. The van der Waals surface area contributed by atoms with Crippen LogP contribution < -0.4 is 0 Å². The van der Waals surface area contributed by atoms with Gasteiger partial charge in [0.05, 0.1) is 11.3 Å². The van der Waals surface area contributed by atoms with Crippen LogP contribution in [-0.2, 0) is 6.42 Å². The van der Waals surface area contributed by atoms with Crippen LogP contribution in [0.5, 0.6) is 0 Å². The van der Waals surface area contributed by atoms with E-state index in [1.165, 1.54) is 6.07 Å². The first-order valence-corrected chi connectivity index (χ1v) is 4.58. The summed E-state index contributed by atoms with van der Waals surface area (Å²) in [5.74, 6) is 0. The first-order chi connectivity index (χ1) is 6.79. The maximum atomic E-state index is 12.1. The third-order valence-electron chi connectivity index (χ3n) is 1.63. The number of halogens is 4. The van der Waals surface area contributed by atoms with Crippen LogP contribution in [0.4, 0.5) is 18.9 Å². The van der Waals surface area contributed by atoms with Gasteiger partial charge in [0.15, 0.2) is 0 Å². The lowest BCUT2D eigenvalue weighted by molar-refractivity contribution is -0.386. The van der Waals surface area contributed by atoms with Crippen LogP contribution in [0.3, 0.4) is 0 Å². The largest absolute Gasteiger partial charge is 0.393 e. The third kappa shape index (κ3) is 3.50. The lowest BCUT2D eigenvalue weighted by Crippen LogP contribution is -2.12. The van der Waals surface area contributed by atoms with Crippen LogP contribution in [-0.4, -0.2) is 11.1 Å². The number of hydrogen-bond donors (Lipinski definition) is 0. The molecular formula is C8H5BrF3NO2. The Kier molecular flexibility index (Phi) is 3.33. The minimum absolute atomic E-state index is 0.337. The van der Waals surface area contributed by atoms with Crippen molar-refractivity contribution in [1.29, 1.82) is 0 Å². The number of rotatable bonds is 2. The highest BCUT2D eigenvalue weighted by Crippen LogP contribution is 2.29. The second-order valence-corrected chi connectivity index (χ2v) is 3.74. The van der Waals surface area contributed by atoms with E-state index in [0.29, 0.717) is 4.47 Å². The van der Waals surface area contributed by atoms with Crippen molar-refractivity contribution in [3.63, 3.8) is 0 Å². The van der Waals surface area contributed by atoms with Crippen molar-refractivity contribution in [3.05, 3.63) is 38.3 Å². The summed E-state index contributed by atoms with van der Waals surface area (Å²) in [7, 11) is 0. The highest BCUT2D eigenvalue weighted by molar-refractivity contribution is 9.10. The van der Waals surface area contributed by atoms with Crippen molar-refractivity contribution in [1.82, 2.24) is 0 Å². The van der Waals surface area contributed by atoms with Gasteiger partial charge in [0, 0.05) is 16.1 Å². The molecule has 82 valence electrons. The molecule has 1 aromatic carbocycles. The van der Waals surface area contributed by atoms with Crippen molar-refractivity contribution in [2.75, 3.05) is 0 Å². The number of hydrogen-bond acceptors (Lipinski definition) is 2. The van der Waals surface area contributed by atoms with E-state index in [0.717, 1.165) is 12.1 Å². The molecule has 1 rings (SSSR count). The molecule has 0 aromatic heterocycles. The smallest absolute Gasteiger partial charge is 0.258 e. The maximum absolute atomic E-state index is 12.1. The topological polar surface area (TPSA) is 43.1 Å². The molecule has 0 spiro atoms. The van der Waals surface area contributed by atoms with Gasteiger partial charge < -0.3 is 0 Å². The van der Waals surface area contributed by atoms with Crippen LogP contribution in [0.25, 0.3) is 0 Å². The van der Waals surface area contributed by atoms with E-state index in [4.69, 9.17) is 0 Å². The Morgan fingerprint density at radius 1 is 1.40 bits per heavy atom. The Hall–Kier alpha value is -1.11. The van der Waals surface area contributed by atoms with Gasteiger partial charge in [-0.3, -0.25) is 10.1 Å². The monoisotopic (exact) mass is 283 g/mol. The predicted octanol–water partition coefficient (Wildman–Crippen LogP) is 3.46. The molecule has 0 heterocycles. The summed E-state index contributed by atoms with van der Waals surface area (Å²) >= 11 is 2.96. The van der Waals surface area contributed by atoms with Crippen LogP contribution >= 0.6 is 15.9 Å². The van der Waals surface area contributed by atoms with Crippen molar-refractivity contribution >= 4 is 21.6 Å². The summed E-state index contributed by atoms with van der Waals surface area (Å²) in [5.41, 5.74) is -0.864. The fourth-order valence-corrected chi connectivity index (χ4v) is 1.42. The second kappa shape index (κ2) is 4.18. The predicted molar refractivity (Wildman–Crippen MR) is 50.6 cm³/mol. The normalized spacial score (nSPS) is 11.5. The van der Waals surface area contributed by atoms with Crippen molar-refractivity contribution in [2.45, 2.75) is 12.6 Å². The molecule has 0 unspecified atom stereocenters. The summed E-state index contributed by atoms with van der Waals surface area (Å²) in [6.45, 7) is 0. The molecular weight excluding hydrogens is 279 g/mol. The van der Waals surface area contributed by atoms with Crippen LogP contribution in [0.2, 0.25) is 0 Å². The summed E-state index contributed by atoms with van der Waals surface area (Å²) < 4.78 is 36.5. The van der Waals surface area contributed by atoms with Gasteiger partial charge >= 0.3 is 6.18 Å². The molecule has 15 heavy (non-hydrogen) atoms. The van der Waals surface area contributed by atoms with Crippen LogP contribution in [0.1, 0.15) is 5.56 Å². The lowest BCUT2D eigenvalue weighted by atomic mass is 10.1. The van der Waals surface area contributed by atoms with E-state index >= 15 is 0 Å². The highest BCUT2D eigenvalue weighted by Gasteiger charge is 2.31. The minimum Gasteiger partial charge on any atom is -0.258 e. The zero-order chi connectivity index (χ0) is 11.6. The standard InChI is InChI=1S/C8H5BrF3NO2/c9-6-2-1-5(4-8(10,11)12)7(3-6)13(14)15/h1-3H,4H2.